The first-order chi connectivity index (χ1) is 17.5. The van der Waals surface area contributed by atoms with Crippen LogP contribution in [0.4, 0.5) is 4.39 Å². The van der Waals surface area contributed by atoms with Crippen LogP contribution < -0.4 is 10.1 Å². The number of hydrogen-bond donors (Lipinski definition) is 1. The van der Waals surface area contributed by atoms with Crippen molar-refractivity contribution in [2.24, 2.45) is 5.92 Å². The Morgan fingerprint density at radius 1 is 1.14 bits per heavy atom. The summed E-state index contributed by atoms with van der Waals surface area (Å²) < 4.78 is 27.1. The monoisotopic (exact) mass is 492 g/mol. The lowest BCUT2D eigenvalue weighted by Gasteiger charge is -2.31. The minimum absolute atomic E-state index is 0.109. The molecule has 2 aliphatic heterocycles. The molecule has 1 N–H and O–H groups in total. The summed E-state index contributed by atoms with van der Waals surface area (Å²) in [6.45, 7) is 1.97. The summed E-state index contributed by atoms with van der Waals surface area (Å²) in [5, 5.41) is 2.82. The number of rotatable bonds is 6. The molecule has 3 heterocycles. The van der Waals surface area contributed by atoms with Crippen LogP contribution in [0.1, 0.15) is 46.3 Å². The number of amides is 2. The molecule has 1 aromatic heterocycles. The Morgan fingerprint density at radius 2 is 1.89 bits per heavy atom. The number of nitrogens with one attached hydrogen (secondary N) is 1. The highest BCUT2D eigenvalue weighted by Gasteiger charge is 2.32. The number of methoxy groups -OCH3 is 1. The standard InChI is InChI=1S/C27H29FN4O4/c1-35-21-8-6-18(7-9-21)24-15-32-17-30-25(23(32)16-36-24)27(34)31-12-10-19(11-13-31)26(33)29-14-20-4-2-3-5-22(20)28/h2-9,17,19,24H,10-16H2,1H3,(H,29,33). The van der Waals surface area contributed by atoms with Crippen molar-refractivity contribution in [3.8, 4) is 5.75 Å². The van der Waals surface area contributed by atoms with E-state index in [9.17, 15) is 14.0 Å². The van der Waals surface area contributed by atoms with Crippen molar-refractivity contribution in [1.29, 1.82) is 0 Å². The summed E-state index contributed by atoms with van der Waals surface area (Å²) >= 11 is 0. The number of hydrogen-bond acceptors (Lipinski definition) is 5. The quantitative estimate of drug-likeness (QED) is 0.570. The van der Waals surface area contributed by atoms with Crippen LogP contribution in [0.25, 0.3) is 0 Å². The fraction of sp³-hybridized carbons (Fsp3) is 0.370. The molecule has 9 heteroatoms. The predicted octanol–water partition coefficient (Wildman–Crippen LogP) is 3.47. The first-order valence-electron chi connectivity index (χ1n) is 12.1. The summed E-state index contributed by atoms with van der Waals surface area (Å²) in [4.78, 5) is 32.0. The molecule has 1 unspecified atom stereocenters. The van der Waals surface area contributed by atoms with E-state index in [-0.39, 0.29) is 36.2 Å². The van der Waals surface area contributed by atoms with Gasteiger partial charge in [-0.05, 0) is 36.6 Å². The first-order valence-corrected chi connectivity index (χ1v) is 12.1. The lowest BCUT2D eigenvalue weighted by atomic mass is 9.95. The summed E-state index contributed by atoms with van der Waals surface area (Å²) in [7, 11) is 1.63. The number of halogens is 1. The van der Waals surface area contributed by atoms with E-state index in [2.05, 4.69) is 10.3 Å². The molecule has 2 aromatic carbocycles. The second-order valence-electron chi connectivity index (χ2n) is 9.14. The number of piperidine rings is 1. The number of carbonyl (C=O) groups is 2. The van der Waals surface area contributed by atoms with Crippen molar-refractivity contribution in [2.75, 3.05) is 20.2 Å². The number of carbonyl (C=O) groups excluding carboxylic acids is 2. The molecule has 5 rings (SSSR count). The topological polar surface area (TPSA) is 85.7 Å². The van der Waals surface area contributed by atoms with Gasteiger partial charge in [-0.2, -0.15) is 0 Å². The Labute approximate surface area is 209 Å². The Morgan fingerprint density at radius 3 is 2.61 bits per heavy atom. The maximum absolute atomic E-state index is 13.8. The fourth-order valence-electron chi connectivity index (χ4n) is 4.79. The number of ether oxygens (including phenoxy) is 2. The fourth-order valence-corrected chi connectivity index (χ4v) is 4.79. The molecule has 2 aliphatic rings. The van der Waals surface area contributed by atoms with Gasteiger partial charge in [0.1, 0.15) is 17.7 Å². The zero-order valence-corrected chi connectivity index (χ0v) is 20.2. The molecule has 3 aromatic rings. The van der Waals surface area contributed by atoms with Crippen LogP contribution >= 0.6 is 0 Å². The third-order valence-electron chi connectivity index (χ3n) is 6.98. The zero-order valence-electron chi connectivity index (χ0n) is 20.2. The molecule has 2 amide bonds. The molecular weight excluding hydrogens is 463 g/mol. The van der Waals surface area contributed by atoms with E-state index in [1.165, 1.54) is 6.07 Å². The van der Waals surface area contributed by atoms with Gasteiger partial charge in [0, 0.05) is 31.1 Å². The van der Waals surface area contributed by atoms with Gasteiger partial charge in [-0.3, -0.25) is 9.59 Å². The molecule has 188 valence electrons. The average molecular weight is 493 g/mol. The Hall–Kier alpha value is -3.72. The predicted molar refractivity (Wildman–Crippen MR) is 130 cm³/mol. The minimum Gasteiger partial charge on any atom is -0.497 e. The molecule has 8 nitrogen and oxygen atoms in total. The lowest BCUT2D eigenvalue weighted by Crippen LogP contribution is -2.43. The minimum atomic E-state index is -0.332. The molecule has 1 saturated heterocycles. The summed E-state index contributed by atoms with van der Waals surface area (Å²) in [6, 6.07) is 14.2. The molecule has 36 heavy (non-hydrogen) atoms. The van der Waals surface area contributed by atoms with Crippen LogP contribution in [0.5, 0.6) is 5.75 Å². The number of fused-ring (bicyclic) bond motifs is 1. The SMILES string of the molecule is COc1ccc(C2Cn3cnc(C(=O)N4CCC(C(=O)NCc5ccccc5F)CC4)c3CO2)cc1. The van der Waals surface area contributed by atoms with Crippen LogP contribution in [-0.2, 0) is 29.2 Å². The maximum atomic E-state index is 13.8. The molecule has 1 atom stereocenters. The van der Waals surface area contributed by atoms with Gasteiger partial charge in [0.2, 0.25) is 5.91 Å². The van der Waals surface area contributed by atoms with E-state index in [0.29, 0.717) is 50.3 Å². The second-order valence-corrected chi connectivity index (χ2v) is 9.14. The van der Waals surface area contributed by atoms with E-state index in [1.54, 1.807) is 36.5 Å². The van der Waals surface area contributed by atoms with Gasteiger partial charge in [-0.1, -0.05) is 30.3 Å². The van der Waals surface area contributed by atoms with E-state index >= 15 is 0 Å². The van der Waals surface area contributed by atoms with Gasteiger partial charge in [0.05, 0.1) is 32.3 Å². The number of benzene rings is 2. The van der Waals surface area contributed by atoms with Crippen LogP contribution in [0, 0.1) is 11.7 Å². The van der Waals surface area contributed by atoms with Gasteiger partial charge >= 0.3 is 0 Å². The third kappa shape index (κ3) is 4.97. The molecule has 0 spiro atoms. The number of nitrogens with zero attached hydrogens (tertiary/aromatic N) is 3. The molecule has 1 fully saturated rings. The summed E-state index contributed by atoms with van der Waals surface area (Å²) in [5.74, 6) is 0.00602. The highest BCUT2D eigenvalue weighted by molar-refractivity contribution is 5.93. The average Bonchev–Trinajstić information content (AvgIpc) is 3.35. The van der Waals surface area contributed by atoms with E-state index in [1.807, 2.05) is 28.8 Å². The van der Waals surface area contributed by atoms with Crippen molar-refractivity contribution in [2.45, 2.75) is 38.6 Å². The molecule has 0 saturated carbocycles. The smallest absolute Gasteiger partial charge is 0.274 e. The Balaban J connectivity index is 1.15. The Kier molecular flexibility index (Phi) is 6.99. The van der Waals surface area contributed by atoms with Crippen LogP contribution in [0.2, 0.25) is 0 Å². The summed E-state index contributed by atoms with van der Waals surface area (Å²) in [5.41, 5.74) is 2.68. The maximum Gasteiger partial charge on any atom is 0.274 e. The van der Waals surface area contributed by atoms with Gasteiger partial charge in [0.15, 0.2) is 5.69 Å². The number of imidazole rings is 1. The van der Waals surface area contributed by atoms with Crippen LogP contribution in [0.3, 0.4) is 0 Å². The van der Waals surface area contributed by atoms with E-state index in [0.717, 1.165) is 17.0 Å². The van der Waals surface area contributed by atoms with Crippen molar-refractivity contribution in [1.82, 2.24) is 19.8 Å². The number of likely N-dealkylation sites (tertiary alicyclic amines) is 1. The van der Waals surface area contributed by atoms with Gasteiger partial charge in [0.25, 0.3) is 5.91 Å². The number of aromatic nitrogens is 2. The molecule has 0 aliphatic carbocycles. The first kappa shape index (κ1) is 24.0. The van der Waals surface area contributed by atoms with Crippen molar-refractivity contribution < 1.29 is 23.5 Å². The van der Waals surface area contributed by atoms with Gasteiger partial charge in [-0.25, -0.2) is 9.37 Å². The lowest BCUT2D eigenvalue weighted by molar-refractivity contribution is -0.126. The molecular formula is C27H29FN4O4. The van der Waals surface area contributed by atoms with Gasteiger partial charge < -0.3 is 24.3 Å². The van der Waals surface area contributed by atoms with Crippen LogP contribution in [-0.4, -0.2) is 46.5 Å². The van der Waals surface area contributed by atoms with Gasteiger partial charge in [-0.15, -0.1) is 0 Å². The van der Waals surface area contributed by atoms with E-state index < -0.39 is 0 Å². The van der Waals surface area contributed by atoms with Crippen molar-refractivity contribution in [3.63, 3.8) is 0 Å². The highest BCUT2D eigenvalue weighted by Crippen LogP contribution is 2.30. The van der Waals surface area contributed by atoms with Crippen LogP contribution in [0.15, 0.2) is 54.9 Å². The van der Waals surface area contributed by atoms with Crippen molar-refractivity contribution in [3.05, 3.63) is 83.2 Å². The third-order valence-corrected chi connectivity index (χ3v) is 6.98. The zero-order chi connectivity index (χ0) is 25.1. The second kappa shape index (κ2) is 10.5. The van der Waals surface area contributed by atoms with Crippen molar-refractivity contribution >= 4 is 11.8 Å². The molecule has 0 radical (unpaired) electrons. The Bertz CT molecular complexity index is 1230. The largest absolute Gasteiger partial charge is 0.497 e. The normalized spacial score (nSPS) is 17.9. The molecule has 0 bridgehead atoms. The van der Waals surface area contributed by atoms with E-state index in [4.69, 9.17) is 9.47 Å². The summed E-state index contributed by atoms with van der Waals surface area (Å²) in [6.07, 6.45) is 2.69. The highest BCUT2D eigenvalue weighted by atomic mass is 19.1.